The highest BCUT2D eigenvalue weighted by atomic mass is 16.5. The van der Waals surface area contributed by atoms with E-state index < -0.39 is 0 Å². The molecule has 0 spiro atoms. The minimum atomic E-state index is 0.275. The summed E-state index contributed by atoms with van der Waals surface area (Å²) in [5, 5.41) is 3.53. The van der Waals surface area contributed by atoms with E-state index in [-0.39, 0.29) is 5.91 Å². The summed E-state index contributed by atoms with van der Waals surface area (Å²) in [4.78, 5) is 13.8. The van der Waals surface area contributed by atoms with E-state index in [1.165, 1.54) is 0 Å². The van der Waals surface area contributed by atoms with Crippen molar-refractivity contribution in [1.29, 1.82) is 0 Å². The Labute approximate surface area is 139 Å². The van der Waals surface area contributed by atoms with Crippen LogP contribution in [-0.4, -0.2) is 49.7 Å². The van der Waals surface area contributed by atoms with E-state index in [1.807, 2.05) is 39.5 Å². The molecule has 4 nitrogen and oxygen atoms in total. The predicted octanol–water partition coefficient (Wildman–Crippen LogP) is 3.85. The molecule has 1 saturated heterocycles. The van der Waals surface area contributed by atoms with E-state index in [2.05, 4.69) is 12.2 Å². The first-order chi connectivity index (χ1) is 10.8. The van der Waals surface area contributed by atoms with Gasteiger partial charge in [0.1, 0.15) is 0 Å². The maximum absolute atomic E-state index is 11.8. The van der Waals surface area contributed by atoms with Gasteiger partial charge in [-0.3, -0.25) is 4.79 Å². The molecule has 1 aliphatic rings. The van der Waals surface area contributed by atoms with E-state index in [9.17, 15) is 4.79 Å². The van der Waals surface area contributed by atoms with Crippen LogP contribution in [0.4, 0.5) is 0 Å². The number of nitrogens with zero attached hydrogens (tertiary/aromatic N) is 1. The lowest BCUT2D eigenvalue weighted by Crippen LogP contribution is -2.42. The third-order valence-electron chi connectivity index (χ3n) is 3.47. The molecule has 134 valence electrons. The van der Waals surface area contributed by atoms with Gasteiger partial charge in [0.25, 0.3) is 0 Å². The van der Waals surface area contributed by atoms with Crippen molar-refractivity contribution in [3.8, 4) is 0 Å². The molecule has 0 radical (unpaired) electrons. The summed E-state index contributed by atoms with van der Waals surface area (Å²) < 4.78 is 5.33. The highest BCUT2D eigenvalue weighted by Gasteiger charge is 2.14. The van der Waals surface area contributed by atoms with E-state index in [0.717, 1.165) is 58.5 Å². The molecule has 0 aromatic heterocycles. The highest BCUT2D eigenvalue weighted by Crippen LogP contribution is 2.06. The Morgan fingerprint density at radius 2 is 1.68 bits per heavy atom. The minimum absolute atomic E-state index is 0.275. The number of amides is 1. The van der Waals surface area contributed by atoms with E-state index >= 15 is 0 Å². The lowest BCUT2D eigenvalue weighted by atomic mass is 10.1. The highest BCUT2D eigenvalue weighted by molar-refractivity contribution is 5.75. The van der Waals surface area contributed by atoms with Crippen molar-refractivity contribution in [2.75, 3.05) is 32.8 Å². The Balaban J connectivity index is 0. The topological polar surface area (TPSA) is 41.6 Å². The molecule has 0 aliphatic carbocycles. The number of rotatable bonds is 8. The average Bonchev–Trinajstić information content (AvgIpc) is 2.61. The van der Waals surface area contributed by atoms with E-state index in [1.54, 1.807) is 0 Å². The standard InChI is InChI=1S/C14H28N2O2.2C2H6/c1-3-5-9-16(14(17)4-2)10-8-15-13-6-11-18-12-7-13;2*1-2/h13,15H,3-12H2,1-2H3;2*1-2H3. The molecule has 22 heavy (non-hydrogen) atoms. The number of ether oxygens (including phenoxy) is 1. The summed E-state index contributed by atoms with van der Waals surface area (Å²) >= 11 is 0. The number of nitrogens with one attached hydrogen (secondary N) is 1. The fourth-order valence-corrected chi connectivity index (χ4v) is 2.24. The van der Waals surface area contributed by atoms with Gasteiger partial charge in [-0.15, -0.1) is 0 Å². The van der Waals surface area contributed by atoms with Gasteiger partial charge in [-0.1, -0.05) is 48.0 Å². The Morgan fingerprint density at radius 3 is 2.18 bits per heavy atom. The molecule has 0 aromatic rings. The Kier molecular flexibility index (Phi) is 19.8. The van der Waals surface area contributed by atoms with Gasteiger partial charge in [0.15, 0.2) is 0 Å². The molecule has 0 saturated carbocycles. The third-order valence-corrected chi connectivity index (χ3v) is 3.47. The van der Waals surface area contributed by atoms with Crippen LogP contribution in [0.5, 0.6) is 0 Å². The summed E-state index contributed by atoms with van der Waals surface area (Å²) in [7, 11) is 0. The van der Waals surface area contributed by atoms with Gasteiger partial charge in [-0.2, -0.15) is 0 Å². The second kappa shape index (κ2) is 18.4. The van der Waals surface area contributed by atoms with Crippen LogP contribution in [0.15, 0.2) is 0 Å². The number of hydrogen-bond acceptors (Lipinski definition) is 3. The maximum atomic E-state index is 11.8. The van der Waals surface area contributed by atoms with Gasteiger partial charge in [0.2, 0.25) is 5.91 Å². The largest absolute Gasteiger partial charge is 0.381 e. The molecule has 0 atom stereocenters. The van der Waals surface area contributed by atoms with Gasteiger partial charge in [-0.05, 0) is 19.3 Å². The van der Waals surface area contributed by atoms with Gasteiger partial charge < -0.3 is 15.0 Å². The SMILES string of the molecule is CC.CC.CCCCN(CCNC1CCOCC1)C(=O)CC. The summed E-state index contributed by atoms with van der Waals surface area (Å²) in [6, 6.07) is 0.573. The van der Waals surface area contributed by atoms with Gasteiger partial charge in [-0.25, -0.2) is 0 Å². The third kappa shape index (κ3) is 12.0. The van der Waals surface area contributed by atoms with Crippen molar-refractivity contribution >= 4 is 5.91 Å². The van der Waals surface area contributed by atoms with Crippen molar-refractivity contribution < 1.29 is 9.53 Å². The fourth-order valence-electron chi connectivity index (χ4n) is 2.24. The molecule has 0 unspecified atom stereocenters. The van der Waals surface area contributed by atoms with Crippen LogP contribution in [0.3, 0.4) is 0 Å². The van der Waals surface area contributed by atoms with Crippen molar-refractivity contribution in [2.45, 2.75) is 79.7 Å². The van der Waals surface area contributed by atoms with Crippen molar-refractivity contribution in [3.05, 3.63) is 0 Å². The van der Waals surface area contributed by atoms with Crippen LogP contribution in [0, 0.1) is 0 Å². The lowest BCUT2D eigenvalue weighted by Gasteiger charge is -2.26. The monoisotopic (exact) mass is 316 g/mol. The van der Waals surface area contributed by atoms with Gasteiger partial charge >= 0.3 is 0 Å². The first kappa shape index (κ1) is 23.7. The zero-order valence-corrected chi connectivity index (χ0v) is 15.9. The second-order valence-electron chi connectivity index (χ2n) is 4.93. The van der Waals surface area contributed by atoms with Crippen LogP contribution < -0.4 is 5.32 Å². The number of hydrogen-bond donors (Lipinski definition) is 1. The van der Waals surface area contributed by atoms with Gasteiger partial charge in [0, 0.05) is 45.3 Å². The minimum Gasteiger partial charge on any atom is -0.381 e. The number of unbranched alkanes of at least 4 members (excludes halogenated alkanes) is 1. The second-order valence-corrected chi connectivity index (χ2v) is 4.93. The van der Waals surface area contributed by atoms with Crippen molar-refractivity contribution in [2.24, 2.45) is 0 Å². The summed E-state index contributed by atoms with van der Waals surface area (Å²) in [5.74, 6) is 0.275. The molecular formula is C18H40N2O2. The molecule has 4 heteroatoms. The molecule has 1 heterocycles. The Morgan fingerprint density at radius 1 is 1.09 bits per heavy atom. The molecule has 1 amide bonds. The van der Waals surface area contributed by atoms with Crippen molar-refractivity contribution in [1.82, 2.24) is 10.2 Å². The Bertz CT molecular complexity index is 229. The van der Waals surface area contributed by atoms with Crippen LogP contribution in [0.1, 0.15) is 73.6 Å². The molecule has 1 fully saturated rings. The normalized spacial score (nSPS) is 14.3. The van der Waals surface area contributed by atoms with E-state index in [4.69, 9.17) is 4.74 Å². The van der Waals surface area contributed by atoms with Gasteiger partial charge in [0.05, 0.1) is 0 Å². The first-order valence-electron chi connectivity index (χ1n) is 9.36. The van der Waals surface area contributed by atoms with Crippen LogP contribution in [0.2, 0.25) is 0 Å². The molecule has 0 aromatic carbocycles. The first-order valence-corrected chi connectivity index (χ1v) is 9.36. The summed E-state index contributed by atoms with van der Waals surface area (Å²) in [6.07, 6.45) is 5.04. The fraction of sp³-hybridized carbons (Fsp3) is 0.944. The van der Waals surface area contributed by atoms with Crippen molar-refractivity contribution in [3.63, 3.8) is 0 Å². The molecule has 0 bridgehead atoms. The lowest BCUT2D eigenvalue weighted by molar-refractivity contribution is -0.130. The average molecular weight is 317 g/mol. The molecule has 1 aliphatic heterocycles. The molecule has 1 N–H and O–H groups in total. The predicted molar refractivity (Wildman–Crippen MR) is 96.3 cm³/mol. The van der Waals surface area contributed by atoms with Crippen LogP contribution in [-0.2, 0) is 9.53 Å². The van der Waals surface area contributed by atoms with E-state index in [0.29, 0.717) is 12.5 Å². The zero-order valence-electron chi connectivity index (χ0n) is 15.9. The van der Waals surface area contributed by atoms with Crippen LogP contribution >= 0.6 is 0 Å². The Hall–Kier alpha value is -0.610. The number of carbonyl (C=O) groups is 1. The summed E-state index contributed by atoms with van der Waals surface area (Å²) in [5.41, 5.74) is 0. The quantitative estimate of drug-likeness (QED) is 0.739. The number of carbonyl (C=O) groups excluding carboxylic acids is 1. The zero-order chi connectivity index (χ0) is 17.2. The molecular weight excluding hydrogens is 276 g/mol. The molecule has 1 rings (SSSR count). The smallest absolute Gasteiger partial charge is 0.222 e. The van der Waals surface area contributed by atoms with Crippen LogP contribution in [0.25, 0.3) is 0 Å². The maximum Gasteiger partial charge on any atom is 0.222 e. The summed E-state index contributed by atoms with van der Waals surface area (Å²) in [6.45, 7) is 16.5.